The Morgan fingerprint density at radius 1 is 1.14 bits per heavy atom. The molecule has 11 nitrogen and oxygen atoms in total. The summed E-state index contributed by atoms with van der Waals surface area (Å²) < 4.78 is 11.4. The molecule has 0 aliphatic carbocycles. The lowest BCUT2D eigenvalue weighted by atomic mass is 10.2. The van der Waals surface area contributed by atoms with Gasteiger partial charge in [0.25, 0.3) is 16.8 Å². The van der Waals surface area contributed by atoms with Crippen LogP contribution in [0.1, 0.15) is 12.5 Å². The number of nitro groups is 1. The molecule has 3 aromatic rings. The van der Waals surface area contributed by atoms with Crippen LogP contribution in [0, 0.1) is 10.1 Å². The van der Waals surface area contributed by atoms with E-state index in [1.165, 1.54) is 18.2 Å². The van der Waals surface area contributed by atoms with Gasteiger partial charge in [0.05, 0.1) is 16.4 Å². The summed E-state index contributed by atoms with van der Waals surface area (Å²) in [6.45, 7) is 1.70. The number of para-hydroxylation sites is 1. The van der Waals surface area contributed by atoms with Gasteiger partial charge in [0.1, 0.15) is 12.7 Å². The normalized spacial score (nSPS) is 14.1. The second kappa shape index (κ2) is 11.4. The average molecular weight is 521 g/mol. The minimum absolute atomic E-state index is 0.134. The van der Waals surface area contributed by atoms with Gasteiger partial charge in [-0.25, -0.2) is 4.98 Å². The number of carbonyl (C=O) groups excluding carboxylic acids is 3. The molecule has 1 aliphatic heterocycles. The predicted octanol–water partition coefficient (Wildman–Crippen LogP) is 4.86. The molecule has 1 saturated heterocycles. The quantitative estimate of drug-likeness (QED) is 0.238. The third-order valence-electron chi connectivity index (χ3n) is 4.94. The first-order valence-electron chi connectivity index (χ1n) is 11.0. The van der Waals surface area contributed by atoms with Gasteiger partial charge in [-0.3, -0.25) is 29.4 Å². The van der Waals surface area contributed by atoms with E-state index >= 15 is 0 Å². The fourth-order valence-corrected chi connectivity index (χ4v) is 4.11. The highest BCUT2D eigenvalue weighted by molar-refractivity contribution is 8.18. The number of hydrogen-bond acceptors (Lipinski definition) is 9. The van der Waals surface area contributed by atoms with Crippen LogP contribution in [0.4, 0.5) is 16.2 Å². The van der Waals surface area contributed by atoms with Crippen LogP contribution in [0.15, 0.2) is 71.8 Å². The van der Waals surface area contributed by atoms with Gasteiger partial charge in [-0.15, -0.1) is 0 Å². The van der Waals surface area contributed by atoms with Crippen LogP contribution in [0.2, 0.25) is 0 Å². The van der Waals surface area contributed by atoms with Crippen LogP contribution in [0.3, 0.4) is 0 Å². The number of amides is 3. The number of aromatic nitrogens is 1. The van der Waals surface area contributed by atoms with Crippen LogP contribution in [-0.2, 0) is 9.59 Å². The van der Waals surface area contributed by atoms with E-state index in [1.807, 2.05) is 0 Å². The lowest BCUT2D eigenvalue weighted by Crippen LogP contribution is -2.36. The number of nitrogens with one attached hydrogen (secondary N) is 1. The second-order valence-electron chi connectivity index (χ2n) is 7.54. The molecular formula is C25H20N4O7S. The van der Waals surface area contributed by atoms with Gasteiger partial charge in [-0.05, 0) is 54.6 Å². The van der Waals surface area contributed by atoms with Crippen LogP contribution >= 0.6 is 11.8 Å². The first-order valence-corrected chi connectivity index (χ1v) is 11.8. The first-order chi connectivity index (χ1) is 17.8. The van der Waals surface area contributed by atoms with Crippen molar-refractivity contribution in [3.8, 4) is 17.4 Å². The number of rotatable bonds is 9. The summed E-state index contributed by atoms with van der Waals surface area (Å²) in [4.78, 5) is 52.8. The fraction of sp³-hybridized carbons (Fsp3) is 0.120. The Morgan fingerprint density at radius 2 is 1.92 bits per heavy atom. The van der Waals surface area contributed by atoms with Crippen LogP contribution < -0.4 is 14.8 Å². The Kier molecular flexibility index (Phi) is 7.79. The van der Waals surface area contributed by atoms with E-state index in [2.05, 4.69) is 10.3 Å². The third kappa shape index (κ3) is 6.30. The standard InChI is InChI=1S/C25H20N4O7S/c1-2-35-20-12-16(8-10-19(20)36-23-11-9-18(14-26-23)29(33)34)13-21-24(31)28(25(32)37-21)15-22(30)27-17-6-4-3-5-7-17/h3-14H,2,15H2,1H3,(H,27,30)/b21-13-. The molecule has 1 aromatic heterocycles. The number of benzene rings is 2. The zero-order chi connectivity index (χ0) is 26.4. The molecule has 0 radical (unpaired) electrons. The molecule has 0 unspecified atom stereocenters. The van der Waals surface area contributed by atoms with Crippen molar-refractivity contribution in [2.45, 2.75) is 6.92 Å². The number of thioether (sulfide) groups is 1. The van der Waals surface area contributed by atoms with Gasteiger partial charge >= 0.3 is 0 Å². The summed E-state index contributed by atoms with van der Waals surface area (Å²) in [7, 11) is 0. The molecule has 1 fully saturated rings. The molecule has 0 spiro atoms. The monoisotopic (exact) mass is 520 g/mol. The van der Waals surface area contributed by atoms with E-state index in [1.54, 1.807) is 55.5 Å². The minimum atomic E-state index is -0.577. The van der Waals surface area contributed by atoms with E-state index in [0.29, 0.717) is 29.4 Å². The van der Waals surface area contributed by atoms with E-state index < -0.39 is 28.5 Å². The number of imide groups is 1. The number of nitrogens with zero attached hydrogens (tertiary/aromatic N) is 3. The minimum Gasteiger partial charge on any atom is -0.490 e. The summed E-state index contributed by atoms with van der Waals surface area (Å²) in [5.74, 6) is -0.278. The van der Waals surface area contributed by atoms with Gasteiger partial charge < -0.3 is 14.8 Å². The molecule has 0 atom stereocenters. The highest BCUT2D eigenvalue weighted by Crippen LogP contribution is 2.36. The molecular weight excluding hydrogens is 500 g/mol. The number of pyridine rings is 1. The van der Waals surface area contributed by atoms with Crippen molar-refractivity contribution in [2.24, 2.45) is 0 Å². The Hall–Kier alpha value is -4.71. The van der Waals surface area contributed by atoms with Crippen LogP contribution in [0.25, 0.3) is 6.08 Å². The first kappa shape index (κ1) is 25.4. The molecule has 188 valence electrons. The van der Waals surface area contributed by atoms with Crippen molar-refractivity contribution >= 4 is 46.3 Å². The molecule has 0 bridgehead atoms. The Bertz CT molecular complexity index is 1380. The number of carbonyl (C=O) groups is 3. The van der Waals surface area contributed by atoms with Gasteiger partial charge in [0, 0.05) is 17.8 Å². The SMILES string of the molecule is CCOc1cc(/C=C2\SC(=O)N(CC(=O)Nc3ccccc3)C2=O)ccc1Oc1ccc([N+](=O)[O-])cn1. The van der Waals surface area contributed by atoms with Gasteiger partial charge in [-0.1, -0.05) is 24.3 Å². The molecule has 3 amide bonds. The summed E-state index contributed by atoms with van der Waals surface area (Å²) in [5.41, 5.74) is 0.954. The third-order valence-corrected chi connectivity index (χ3v) is 5.85. The summed E-state index contributed by atoms with van der Waals surface area (Å²) in [5, 5.41) is 12.9. The van der Waals surface area contributed by atoms with Crippen molar-refractivity contribution in [1.82, 2.24) is 9.88 Å². The molecule has 0 saturated carbocycles. The maximum absolute atomic E-state index is 12.8. The zero-order valence-electron chi connectivity index (χ0n) is 19.5. The molecule has 37 heavy (non-hydrogen) atoms. The van der Waals surface area contributed by atoms with E-state index in [0.717, 1.165) is 22.9 Å². The molecule has 1 N–H and O–H groups in total. The Morgan fingerprint density at radius 3 is 2.59 bits per heavy atom. The second-order valence-corrected chi connectivity index (χ2v) is 8.53. The van der Waals surface area contributed by atoms with E-state index in [4.69, 9.17) is 9.47 Å². The molecule has 12 heteroatoms. The fourth-order valence-electron chi connectivity index (χ4n) is 3.27. The van der Waals surface area contributed by atoms with E-state index in [-0.39, 0.29) is 16.5 Å². The smallest absolute Gasteiger partial charge is 0.294 e. The van der Waals surface area contributed by atoms with Crippen molar-refractivity contribution < 1.29 is 28.8 Å². The maximum atomic E-state index is 12.8. The van der Waals surface area contributed by atoms with E-state index in [9.17, 15) is 24.5 Å². The van der Waals surface area contributed by atoms with Crippen molar-refractivity contribution in [3.05, 3.63) is 87.4 Å². The van der Waals surface area contributed by atoms with Gasteiger partial charge in [-0.2, -0.15) is 0 Å². The lowest BCUT2D eigenvalue weighted by molar-refractivity contribution is -0.385. The number of anilines is 1. The van der Waals surface area contributed by atoms with Gasteiger partial charge in [0.2, 0.25) is 11.8 Å². The van der Waals surface area contributed by atoms with Crippen molar-refractivity contribution in [1.29, 1.82) is 0 Å². The predicted molar refractivity (Wildman–Crippen MR) is 136 cm³/mol. The maximum Gasteiger partial charge on any atom is 0.294 e. The van der Waals surface area contributed by atoms with Crippen molar-refractivity contribution in [3.63, 3.8) is 0 Å². The summed E-state index contributed by atoms with van der Waals surface area (Å²) in [6.07, 6.45) is 2.61. The number of ether oxygens (including phenoxy) is 2. The summed E-state index contributed by atoms with van der Waals surface area (Å²) in [6, 6.07) is 16.2. The highest BCUT2D eigenvalue weighted by atomic mass is 32.2. The topological polar surface area (TPSA) is 141 Å². The Balaban J connectivity index is 1.48. The van der Waals surface area contributed by atoms with Crippen molar-refractivity contribution in [2.75, 3.05) is 18.5 Å². The molecule has 2 aromatic carbocycles. The zero-order valence-corrected chi connectivity index (χ0v) is 20.3. The molecule has 4 rings (SSSR count). The summed E-state index contributed by atoms with van der Waals surface area (Å²) >= 11 is 0.736. The van der Waals surface area contributed by atoms with Crippen LogP contribution in [-0.4, -0.2) is 45.0 Å². The average Bonchev–Trinajstić information content (AvgIpc) is 3.14. The lowest BCUT2D eigenvalue weighted by Gasteiger charge is -2.12. The molecule has 2 heterocycles. The highest BCUT2D eigenvalue weighted by Gasteiger charge is 2.36. The molecule has 1 aliphatic rings. The largest absolute Gasteiger partial charge is 0.490 e. The Labute approximate surface area is 215 Å². The van der Waals surface area contributed by atoms with Gasteiger partial charge in [0.15, 0.2) is 11.5 Å². The number of hydrogen-bond donors (Lipinski definition) is 1. The van der Waals surface area contributed by atoms with Crippen LogP contribution in [0.5, 0.6) is 17.4 Å².